The molecule has 102 valence electrons. The monoisotopic (exact) mass is 259 g/mol. The van der Waals surface area contributed by atoms with Crippen LogP contribution in [0.25, 0.3) is 0 Å². The van der Waals surface area contributed by atoms with E-state index in [2.05, 4.69) is 43.4 Å². The second-order valence-electron chi connectivity index (χ2n) is 4.81. The normalized spacial score (nSPS) is 12.4. The Morgan fingerprint density at radius 2 is 1.79 bits per heavy atom. The van der Waals surface area contributed by atoms with Gasteiger partial charge >= 0.3 is 0 Å². The molecular weight excluding hydrogens is 238 g/mol. The minimum atomic E-state index is -0.0520. The van der Waals surface area contributed by atoms with E-state index in [1.54, 1.807) is 6.07 Å². The Morgan fingerprint density at radius 1 is 1.11 bits per heavy atom. The molecule has 2 aromatic rings. The van der Waals surface area contributed by atoms with E-state index in [0.717, 1.165) is 17.9 Å². The molecule has 0 aliphatic rings. The van der Waals surface area contributed by atoms with E-state index in [1.807, 2.05) is 6.07 Å². The van der Waals surface area contributed by atoms with Crippen LogP contribution < -0.4 is 5.32 Å². The Hall–Kier alpha value is -1.74. The van der Waals surface area contributed by atoms with Gasteiger partial charge in [-0.1, -0.05) is 26.0 Å². The van der Waals surface area contributed by atoms with Gasteiger partial charge in [0.1, 0.15) is 18.1 Å². The van der Waals surface area contributed by atoms with Crippen LogP contribution in [-0.2, 0) is 13.2 Å². The maximum absolute atomic E-state index is 8.93. The molecule has 0 spiro atoms. The van der Waals surface area contributed by atoms with Crippen LogP contribution in [0.3, 0.4) is 0 Å². The van der Waals surface area contributed by atoms with Gasteiger partial charge < -0.3 is 14.8 Å². The van der Waals surface area contributed by atoms with Gasteiger partial charge in [-0.05, 0) is 42.2 Å². The van der Waals surface area contributed by atoms with Gasteiger partial charge in [-0.2, -0.15) is 0 Å². The summed E-state index contributed by atoms with van der Waals surface area (Å²) < 4.78 is 5.42. The SMILES string of the molecule is CCC(C)c1ccc(NCc2ccc(CO)o2)cc1. The molecular formula is C16H21NO2. The number of benzene rings is 1. The highest BCUT2D eigenvalue weighted by Crippen LogP contribution is 2.21. The maximum Gasteiger partial charge on any atom is 0.129 e. The fourth-order valence-corrected chi connectivity index (χ4v) is 1.96. The first kappa shape index (κ1) is 13.7. The summed E-state index contributed by atoms with van der Waals surface area (Å²) in [5.74, 6) is 2.03. The van der Waals surface area contributed by atoms with E-state index >= 15 is 0 Å². The number of rotatable bonds is 6. The number of aliphatic hydroxyl groups excluding tert-OH is 1. The van der Waals surface area contributed by atoms with Gasteiger partial charge in [-0.25, -0.2) is 0 Å². The summed E-state index contributed by atoms with van der Waals surface area (Å²) in [6.45, 7) is 5.01. The van der Waals surface area contributed by atoms with Gasteiger partial charge in [0.2, 0.25) is 0 Å². The van der Waals surface area contributed by atoms with Gasteiger partial charge in [-0.3, -0.25) is 0 Å². The Balaban J connectivity index is 1.92. The lowest BCUT2D eigenvalue weighted by Crippen LogP contribution is -1.98. The molecule has 0 aliphatic carbocycles. The molecule has 1 atom stereocenters. The molecule has 2 N–H and O–H groups in total. The smallest absolute Gasteiger partial charge is 0.129 e. The second kappa shape index (κ2) is 6.43. The lowest BCUT2D eigenvalue weighted by Gasteiger charge is -2.10. The quantitative estimate of drug-likeness (QED) is 0.827. The zero-order chi connectivity index (χ0) is 13.7. The molecule has 0 amide bonds. The third kappa shape index (κ3) is 3.61. The van der Waals surface area contributed by atoms with Gasteiger partial charge in [0.15, 0.2) is 0 Å². The van der Waals surface area contributed by atoms with E-state index in [4.69, 9.17) is 9.52 Å². The first-order valence-electron chi connectivity index (χ1n) is 6.75. The molecule has 0 radical (unpaired) electrons. The highest BCUT2D eigenvalue weighted by Gasteiger charge is 2.03. The zero-order valence-electron chi connectivity index (χ0n) is 11.5. The summed E-state index contributed by atoms with van der Waals surface area (Å²) in [5, 5.41) is 12.2. The lowest BCUT2D eigenvalue weighted by molar-refractivity contribution is 0.244. The summed E-state index contributed by atoms with van der Waals surface area (Å²) in [6.07, 6.45) is 1.16. The second-order valence-corrected chi connectivity index (χ2v) is 4.81. The number of furan rings is 1. The first-order chi connectivity index (χ1) is 9.22. The Kier molecular flexibility index (Phi) is 4.63. The lowest BCUT2D eigenvalue weighted by atomic mass is 9.99. The molecule has 3 heteroatoms. The van der Waals surface area contributed by atoms with Crippen LogP contribution in [0, 0.1) is 0 Å². The molecule has 2 rings (SSSR count). The van der Waals surface area contributed by atoms with Gasteiger partial charge in [0, 0.05) is 5.69 Å². The Morgan fingerprint density at radius 3 is 2.37 bits per heavy atom. The molecule has 1 unspecified atom stereocenters. The minimum Gasteiger partial charge on any atom is -0.462 e. The number of aliphatic hydroxyl groups is 1. The fourth-order valence-electron chi connectivity index (χ4n) is 1.96. The average molecular weight is 259 g/mol. The first-order valence-corrected chi connectivity index (χ1v) is 6.75. The summed E-state index contributed by atoms with van der Waals surface area (Å²) >= 11 is 0. The summed E-state index contributed by atoms with van der Waals surface area (Å²) in [4.78, 5) is 0. The van der Waals surface area contributed by atoms with Gasteiger partial charge in [-0.15, -0.1) is 0 Å². The van der Waals surface area contributed by atoms with Crippen LogP contribution in [0.1, 0.15) is 43.3 Å². The molecule has 3 nitrogen and oxygen atoms in total. The van der Waals surface area contributed by atoms with Crippen molar-refractivity contribution < 1.29 is 9.52 Å². The third-order valence-electron chi connectivity index (χ3n) is 3.43. The van der Waals surface area contributed by atoms with Crippen LogP contribution in [0.5, 0.6) is 0 Å². The van der Waals surface area contributed by atoms with Crippen molar-refractivity contribution in [3.05, 3.63) is 53.5 Å². The van der Waals surface area contributed by atoms with Crippen molar-refractivity contribution in [3.8, 4) is 0 Å². The zero-order valence-corrected chi connectivity index (χ0v) is 11.5. The molecule has 0 saturated heterocycles. The van der Waals surface area contributed by atoms with Crippen molar-refractivity contribution in [2.75, 3.05) is 5.32 Å². The number of hydrogen-bond donors (Lipinski definition) is 2. The largest absolute Gasteiger partial charge is 0.462 e. The van der Waals surface area contributed by atoms with E-state index in [-0.39, 0.29) is 6.61 Å². The number of nitrogens with one attached hydrogen (secondary N) is 1. The van der Waals surface area contributed by atoms with Crippen molar-refractivity contribution >= 4 is 5.69 Å². The van der Waals surface area contributed by atoms with E-state index < -0.39 is 0 Å². The van der Waals surface area contributed by atoms with Crippen molar-refractivity contribution in [2.24, 2.45) is 0 Å². The van der Waals surface area contributed by atoms with Gasteiger partial charge in [0.05, 0.1) is 6.54 Å². The minimum absolute atomic E-state index is 0.0520. The molecule has 19 heavy (non-hydrogen) atoms. The van der Waals surface area contributed by atoms with E-state index in [1.165, 1.54) is 5.56 Å². The van der Waals surface area contributed by atoms with Crippen LogP contribution in [-0.4, -0.2) is 5.11 Å². The van der Waals surface area contributed by atoms with Crippen molar-refractivity contribution in [1.29, 1.82) is 0 Å². The average Bonchev–Trinajstić information content (AvgIpc) is 2.93. The number of hydrogen-bond acceptors (Lipinski definition) is 3. The molecule has 0 bridgehead atoms. The van der Waals surface area contributed by atoms with Crippen LogP contribution >= 0.6 is 0 Å². The molecule has 0 aliphatic heterocycles. The van der Waals surface area contributed by atoms with E-state index in [9.17, 15) is 0 Å². The summed E-state index contributed by atoms with van der Waals surface area (Å²) in [5.41, 5.74) is 2.45. The highest BCUT2D eigenvalue weighted by molar-refractivity contribution is 5.45. The molecule has 1 aromatic heterocycles. The van der Waals surface area contributed by atoms with E-state index in [0.29, 0.717) is 18.2 Å². The molecule has 1 heterocycles. The molecule has 0 fully saturated rings. The third-order valence-corrected chi connectivity index (χ3v) is 3.43. The molecule has 0 saturated carbocycles. The van der Waals surface area contributed by atoms with Crippen LogP contribution in [0.2, 0.25) is 0 Å². The highest BCUT2D eigenvalue weighted by atomic mass is 16.4. The topological polar surface area (TPSA) is 45.4 Å². The van der Waals surface area contributed by atoms with Crippen molar-refractivity contribution in [3.63, 3.8) is 0 Å². The summed E-state index contributed by atoms with van der Waals surface area (Å²) in [7, 11) is 0. The van der Waals surface area contributed by atoms with Gasteiger partial charge in [0.25, 0.3) is 0 Å². The molecule has 1 aromatic carbocycles. The Labute approximate surface area is 114 Å². The summed E-state index contributed by atoms with van der Waals surface area (Å²) in [6, 6.07) is 12.2. The predicted molar refractivity (Wildman–Crippen MR) is 77.1 cm³/mol. The predicted octanol–water partition coefficient (Wildman–Crippen LogP) is 3.90. The van der Waals surface area contributed by atoms with Crippen molar-refractivity contribution in [2.45, 2.75) is 39.3 Å². The number of anilines is 1. The Bertz CT molecular complexity index is 502. The van der Waals surface area contributed by atoms with Crippen molar-refractivity contribution in [1.82, 2.24) is 0 Å². The fraction of sp³-hybridized carbons (Fsp3) is 0.375. The standard InChI is InChI=1S/C16H21NO2/c1-3-12(2)13-4-6-14(7-5-13)17-10-15-8-9-16(11-18)19-15/h4-9,12,17-18H,3,10-11H2,1-2H3. The van der Waals surface area contributed by atoms with Crippen LogP contribution in [0.15, 0.2) is 40.8 Å². The maximum atomic E-state index is 8.93. The van der Waals surface area contributed by atoms with Crippen LogP contribution in [0.4, 0.5) is 5.69 Å².